The quantitative estimate of drug-likeness (QED) is 0.213. The van der Waals surface area contributed by atoms with Crippen LogP contribution in [0.4, 0.5) is 5.69 Å². The fourth-order valence-corrected chi connectivity index (χ4v) is 6.02. The zero-order valence-electron chi connectivity index (χ0n) is 17.1. The van der Waals surface area contributed by atoms with Crippen molar-refractivity contribution in [2.75, 3.05) is 10.5 Å². The predicted octanol–water partition coefficient (Wildman–Crippen LogP) is 5.67. The van der Waals surface area contributed by atoms with Crippen LogP contribution in [0, 0.1) is 0 Å². The number of sulfonamides is 1. The van der Waals surface area contributed by atoms with Crippen LogP contribution in [0.25, 0.3) is 10.8 Å². The number of phenols is 1. The van der Waals surface area contributed by atoms with Gasteiger partial charge in [-0.15, -0.1) is 11.8 Å². The summed E-state index contributed by atoms with van der Waals surface area (Å²) in [6, 6.07) is 24.6. The summed E-state index contributed by atoms with van der Waals surface area (Å²) in [4.78, 5) is 13.1. The van der Waals surface area contributed by atoms with Crippen molar-refractivity contribution in [3.63, 3.8) is 0 Å². The average molecular weight is 498 g/mol. The predicted molar refractivity (Wildman–Crippen MR) is 132 cm³/mol. The number of hydrogen-bond donors (Lipinski definition) is 3. The first-order valence-electron chi connectivity index (χ1n) is 9.78. The Labute approximate surface area is 199 Å². The van der Waals surface area contributed by atoms with Gasteiger partial charge in [0.15, 0.2) is 0 Å². The molecule has 4 aromatic rings. The van der Waals surface area contributed by atoms with Crippen molar-refractivity contribution in [3.8, 4) is 5.75 Å². The highest BCUT2D eigenvalue weighted by Crippen LogP contribution is 2.40. The van der Waals surface area contributed by atoms with Crippen LogP contribution in [0.5, 0.6) is 5.75 Å². The number of phenolic OH excluding ortho intramolecular Hbond substituents is 1. The Morgan fingerprint density at radius 2 is 1.52 bits per heavy atom. The minimum absolute atomic E-state index is 0.0824. The largest absolute Gasteiger partial charge is 0.506 e. The molecule has 0 aromatic heterocycles. The van der Waals surface area contributed by atoms with E-state index in [0.717, 1.165) is 21.6 Å². The topological polar surface area (TPSA) is 104 Å². The lowest BCUT2D eigenvalue weighted by Gasteiger charge is -2.15. The SMILES string of the molecule is O=C(O)CSc1cc(NS(=O)(=O)c2cccc(Sc3ccccc3)c2)c2ccccc2c1O. The van der Waals surface area contributed by atoms with Gasteiger partial charge in [-0.25, -0.2) is 8.42 Å². The summed E-state index contributed by atoms with van der Waals surface area (Å²) in [5.41, 5.74) is 0.261. The Hall–Kier alpha value is -3.14. The summed E-state index contributed by atoms with van der Waals surface area (Å²) in [7, 11) is -3.95. The molecule has 0 saturated carbocycles. The van der Waals surface area contributed by atoms with E-state index in [0.29, 0.717) is 10.8 Å². The molecule has 4 aromatic carbocycles. The van der Waals surface area contributed by atoms with Gasteiger partial charge in [0.1, 0.15) is 5.75 Å². The minimum Gasteiger partial charge on any atom is -0.506 e. The number of nitrogens with one attached hydrogen (secondary N) is 1. The molecule has 9 heteroatoms. The number of fused-ring (bicyclic) bond motifs is 1. The molecule has 0 radical (unpaired) electrons. The lowest BCUT2D eigenvalue weighted by atomic mass is 10.1. The molecular weight excluding hydrogens is 478 g/mol. The van der Waals surface area contributed by atoms with E-state index in [-0.39, 0.29) is 27.0 Å². The van der Waals surface area contributed by atoms with Crippen LogP contribution in [0.3, 0.4) is 0 Å². The highest BCUT2D eigenvalue weighted by Gasteiger charge is 2.19. The summed E-state index contributed by atoms with van der Waals surface area (Å²) in [5, 5.41) is 20.5. The average Bonchev–Trinajstić information content (AvgIpc) is 2.81. The Morgan fingerprint density at radius 1 is 0.848 bits per heavy atom. The second-order valence-corrected chi connectivity index (χ2v) is 10.8. The second kappa shape index (κ2) is 9.78. The normalized spacial score (nSPS) is 11.4. The van der Waals surface area contributed by atoms with Gasteiger partial charge in [0.05, 0.1) is 21.2 Å². The highest BCUT2D eigenvalue weighted by molar-refractivity contribution is 8.00. The zero-order valence-corrected chi connectivity index (χ0v) is 19.6. The Kier molecular flexibility index (Phi) is 6.83. The molecule has 0 amide bonds. The van der Waals surface area contributed by atoms with E-state index in [1.807, 2.05) is 36.4 Å². The summed E-state index contributed by atoms with van der Waals surface area (Å²) >= 11 is 2.38. The molecule has 0 saturated heterocycles. The van der Waals surface area contributed by atoms with E-state index in [4.69, 9.17) is 5.11 Å². The molecule has 0 bridgehead atoms. The molecule has 0 aliphatic heterocycles. The van der Waals surface area contributed by atoms with Crippen LogP contribution in [0.15, 0.2) is 105 Å². The molecule has 168 valence electrons. The molecule has 0 fully saturated rings. The third kappa shape index (κ3) is 5.44. The number of hydrogen-bond acceptors (Lipinski definition) is 6. The smallest absolute Gasteiger partial charge is 0.313 e. The van der Waals surface area contributed by atoms with Crippen molar-refractivity contribution >= 4 is 56.0 Å². The fraction of sp³-hybridized carbons (Fsp3) is 0.0417. The molecule has 0 atom stereocenters. The lowest BCUT2D eigenvalue weighted by Crippen LogP contribution is -2.13. The first-order valence-corrected chi connectivity index (χ1v) is 13.1. The Bertz CT molecular complexity index is 1420. The van der Waals surface area contributed by atoms with Gasteiger partial charge in [-0.3, -0.25) is 9.52 Å². The molecule has 3 N–H and O–H groups in total. The Balaban J connectivity index is 1.69. The minimum atomic E-state index is -3.95. The summed E-state index contributed by atoms with van der Waals surface area (Å²) in [5.74, 6) is -1.39. The molecule has 0 spiro atoms. The maximum atomic E-state index is 13.2. The maximum absolute atomic E-state index is 13.2. The monoisotopic (exact) mass is 497 g/mol. The third-order valence-corrected chi connectivity index (χ3v) is 8.05. The van der Waals surface area contributed by atoms with Gasteiger partial charge in [-0.1, -0.05) is 60.3 Å². The third-order valence-electron chi connectivity index (χ3n) is 4.67. The van der Waals surface area contributed by atoms with Gasteiger partial charge in [0.2, 0.25) is 0 Å². The number of benzene rings is 4. The van der Waals surface area contributed by atoms with Crippen LogP contribution in [-0.4, -0.2) is 30.4 Å². The second-order valence-electron chi connectivity index (χ2n) is 6.99. The molecule has 0 aliphatic rings. The molecule has 0 heterocycles. The summed E-state index contributed by atoms with van der Waals surface area (Å²) < 4.78 is 29.1. The zero-order chi connectivity index (χ0) is 23.4. The number of aromatic hydroxyl groups is 1. The van der Waals surface area contributed by atoms with E-state index in [1.165, 1.54) is 23.9 Å². The highest BCUT2D eigenvalue weighted by atomic mass is 32.2. The van der Waals surface area contributed by atoms with E-state index in [1.54, 1.807) is 36.4 Å². The fourth-order valence-electron chi connectivity index (χ4n) is 3.20. The number of aliphatic carboxylic acids is 1. The van der Waals surface area contributed by atoms with Gasteiger partial charge in [0, 0.05) is 20.6 Å². The van der Waals surface area contributed by atoms with Gasteiger partial charge < -0.3 is 10.2 Å². The standard InChI is InChI=1S/C24H19NO5S3/c26-23(27)15-31-22-14-21(19-11-4-5-12-20(19)24(22)28)25-33(29,30)18-10-6-9-17(13-18)32-16-7-2-1-3-8-16/h1-14,25,28H,15H2,(H,26,27). The van der Waals surface area contributed by atoms with Crippen molar-refractivity contribution < 1.29 is 23.4 Å². The molecule has 0 aliphatic carbocycles. The van der Waals surface area contributed by atoms with Crippen molar-refractivity contribution in [3.05, 3.63) is 84.9 Å². The Morgan fingerprint density at radius 3 is 2.24 bits per heavy atom. The summed E-state index contributed by atoms with van der Waals surface area (Å²) in [6.07, 6.45) is 0. The van der Waals surface area contributed by atoms with Crippen LogP contribution < -0.4 is 4.72 Å². The van der Waals surface area contributed by atoms with E-state index in [2.05, 4.69) is 4.72 Å². The lowest BCUT2D eigenvalue weighted by molar-refractivity contribution is -0.133. The first-order chi connectivity index (χ1) is 15.8. The molecule has 33 heavy (non-hydrogen) atoms. The van der Waals surface area contributed by atoms with E-state index >= 15 is 0 Å². The number of rotatable bonds is 8. The molecular formula is C24H19NO5S3. The van der Waals surface area contributed by atoms with Crippen LogP contribution in [0.1, 0.15) is 0 Å². The van der Waals surface area contributed by atoms with Crippen molar-refractivity contribution in [2.45, 2.75) is 19.6 Å². The first kappa shape index (κ1) is 23.0. The van der Waals surface area contributed by atoms with Gasteiger partial charge in [-0.2, -0.15) is 0 Å². The van der Waals surface area contributed by atoms with Crippen LogP contribution >= 0.6 is 23.5 Å². The van der Waals surface area contributed by atoms with Gasteiger partial charge in [-0.05, 0) is 36.4 Å². The van der Waals surface area contributed by atoms with Crippen molar-refractivity contribution in [2.24, 2.45) is 0 Å². The summed E-state index contributed by atoms with van der Waals surface area (Å²) in [6.45, 7) is 0. The molecule has 6 nitrogen and oxygen atoms in total. The maximum Gasteiger partial charge on any atom is 0.313 e. The van der Waals surface area contributed by atoms with E-state index in [9.17, 15) is 18.3 Å². The number of carboxylic acid groups (broad SMARTS) is 1. The number of carbonyl (C=O) groups is 1. The van der Waals surface area contributed by atoms with Crippen molar-refractivity contribution in [1.29, 1.82) is 0 Å². The number of thioether (sulfide) groups is 1. The van der Waals surface area contributed by atoms with E-state index < -0.39 is 16.0 Å². The molecule has 0 unspecified atom stereocenters. The number of carboxylic acids is 1. The van der Waals surface area contributed by atoms with Crippen LogP contribution in [-0.2, 0) is 14.8 Å². The van der Waals surface area contributed by atoms with Crippen LogP contribution in [0.2, 0.25) is 0 Å². The van der Waals surface area contributed by atoms with Gasteiger partial charge in [0.25, 0.3) is 10.0 Å². The number of anilines is 1. The molecule has 4 rings (SSSR count). The van der Waals surface area contributed by atoms with Crippen molar-refractivity contribution in [1.82, 2.24) is 0 Å². The van der Waals surface area contributed by atoms with Gasteiger partial charge >= 0.3 is 5.97 Å².